The van der Waals surface area contributed by atoms with Crippen molar-refractivity contribution in [2.24, 2.45) is 0 Å². The number of halogens is 4. The third kappa shape index (κ3) is 4.23. The molecule has 1 aliphatic carbocycles. The third-order valence-electron chi connectivity index (χ3n) is 6.25. The molecule has 0 saturated carbocycles. The van der Waals surface area contributed by atoms with E-state index in [1.165, 1.54) is 18.2 Å². The Morgan fingerprint density at radius 3 is 2.22 bits per heavy atom. The minimum Gasteiger partial charge on any atom is -0.206 e. The monoisotopic (exact) mass is 438 g/mol. The van der Waals surface area contributed by atoms with Crippen LogP contribution in [-0.4, -0.2) is 0 Å². The Balaban J connectivity index is 1.69. The number of hydrogen-bond donors (Lipinski definition) is 0. The van der Waals surface area contributed by atoms with Gasteiger partial charge in [-0.3, -0.25) is 0 Å². The molecule has 0 bridgehead atoms. The van der Waals surface area contributed by atoms with Crippen LogP contribution in [0.1, 0.15) is 60.9 Å². The van der Waals surface area contributed by atoms with Crippen LogP contribution in [0.4, 0.5) is 17.6 Å². The largest absolute Gasteiger partial charge is 0.206 e. The maximum atomic E-state index is 14.9. The van der Waals surface area contributed by atoms with Gasteiger partial charge < -0.3 is 0 Å². The van der Waals surface area contributed by atoms with Crippen LogP contribution in [0.2, 0.25) is 0 Å². The summed E-state index contributed by atoms with van der Waals surface area (Å²) < 4.78 is 58.5. The molecule has 4 rings (SSSR count). The average molecular weight is 439 g/mol. The van der Waals surface area contributed by atoms with E-state index >= 15 is 0 Å². The summed E-state index contributed by atoms with van der Waals surface area (Å²) in [5.41, 5.74) is 4.04. The fourth-order valence-electron chi connectivity index (χ4n) is 4.36. The molecule has 0 fully saturated rings. The zero-order valence-electron chi connectivity index (χ0n) is 18.4. The summed E-state index contributed by atoms with van der Waals surface area (Å²) in [4.78, 5) is 0. The quantitative estimate of drug-likeness (QED) is 0.340. The van der Waals surface area contributed by atoms with Crippen molar-refractivity contribution in [1.29, 1.82) is 0 Å². The van der Waals surface area contributed by atoms with E-state index in [1.54, 1.807) is 31.2 Å². The second kappa shape index (κ2) is 9.32. The van der Waals surface area contributed by atoms with Gasteiger partial charge in [0, 0.05) is 16.7 Å². The van der Waals surface area contributed by atoms with Crippen LogP contribution in [-0.2, 0) is 19.3 Å². The Hall–Kier alpha value is -2.88. The lowest BCUT2D eigenvalue weighted by Gasteiger charge is -2.19. The lowest BCUT2D eigenvalue weighted by molar-refractivity contribution is 0.501. The first-order valence-corrected chi connectivity index (χ1v) is 11.2. The van der Waals surface area contributed by atoms with E-state index < -0.39 is 17.5 Å². The third-order valence-corrected chi connectivity index (χ3v) is 6.25. The smallest absolute Gasteiger partial charge is 0.167 e. The summed E-state index contributed by atoms with van der Waals surface area (Å²) in [5.74, 6) is -2.85. The molecule has 0 aromatic heterocycles. The van der Waals surface area contributed by atoms with Crippen molar-refractivity contribution in [1.82, 2.24) is 0 Å². The van der Waals surface area contributed by atoms with Crippen molar-refractivity contribution >= 4 is 11.6 Å². The number of rotatable bonds is 6. The first kappa shape index (κ1) is 22.3. The molecule has 1 aliphatic rings. The molecule has 3 aromatic carbocycles. The first-order valence-electron chi connectivity index (χ1n) is 11.2. The highest BCUT2D eigenvalue weighted by Gasteiger charge is 2.21. The van der Waals surface area contributed by atoms with E-state index in [9.17, 15) is 17.6 Å². The molecule has 0 nitrogen and oxygen atoms in total. The van der Waals surface area contributed by atoms with Gasteiger partial charge in [0.05, 0.1) is 0 Å². The van der Waals surface area contributed by atoms with Crippen molar-refractivity contribution in [2.75, 3.05) is 0 Å². The topological polar surface area (TPSA) is 0 Å². The number of benzene rings is 3. The second-order valence-corrected chi connectivity index (χ2v) is 8.37. The van der Waals surface area contributed by atoms with Gasteiger partial charge in [-0.2, -0.15) is 0 Å². The number of aryl methyl sites for hydroxylation is 3. The molecule has 0 unspecified atom stereocenters. The molecule has 0 atom stereocenters. The number of hydrogen-bond acceptors (Lipinski definition) is 0. The predicted octanol–water partition coefficient (Wildman–Crippen LogP) is 8.30. The molecule has 0 amide bonds. The lowest BCUT2D eigenvalue weighted by atomic mass is 9.86. The molecule has 0 saturated heterocycles. The molecule has 166 valence electrons. The molecule has 0 heterocycles. The summed E-state index contributed by atoms with van der Waals surface area (Å²) in [7, 11) is 0. The molecule has 4 heteroatoms. The molecule has 0 spiro atoms. The molecule has 0 aliphatic heterocycles. The van der Waals surface area contributed by atoms with Crippen LogP contribution in [0.25, 0.3) is 22.8 Å². The van der Waals surface area contributed by atoms with Crippen LogP contribution in [0, 0.1) is 23.3 Å². The van der Waals surface area contributed by atoms with Crippen molar-refractivity contribution in [3.63, 3.8) is 0 Å². The number of allylic oxidation sites excluding steroid dienone is 1. The summed E-state index contributed by atoms with van der Waals surface area (Å²) >= 11 is 0. The maximum absolute atomic E-state index is 14.9. The zero-order chi connectivity index (χ0) is 22.8. The van der Waals surface area contributed by atoms with E-state index in [2.05, 4.69) is 6.92 Å². The van der Waals surface area contributed by atoms with Crippen LogP contribution >= 0.6 is 0 Å². The summed E-state index contributed by atoms with van der Waals surface area (Å²) in [6, 6.07) is 11.2. The van der Waals surface area contributed by atoms with Crippen LogP contribution in [0.15, 0.2) is 42.5 Å². The van der Waals surface area contributed by atoms with Gasteiger partial charge in [0.15, 0.2) is 11.6 Å². The molecule has 0 radical (unpaired) electrons. The van der Waals surface area contributed by atoms with Crippen molar-refractivity contribution < 1.29 is 17.6 Å². The minimum atomic E-state index is -1.03. The lowest BCUT2D eigenvalue weighted by Crippen LogP contribution is -2.04. The van der Waals surface area contributed by atoms with E-state index in [-0.39, 0.29) is 22.5 Å². The molecule has 32 heavy (non-hydrogen) atoms. The Kier molecular flexibility index (Phi) is 6.50. The Morgan fingerprint density at radius 2 is 1.50 bits per heavy atom. The predicted molar refractivity (Wildman–Crippen MR) is 122 cm³/mol. The summed E-state index contributed by atoms with van der Waals surface area (Å²) in [6.07, 6.45) is 6.24. The normalized spacial score (nSPS) is 13.1. The zero-order valence-corrected chi connectivity index (χ0v) is 18.4. The van der Waals surface area contributed by atoms with Crippen LogP contribution in [0.5, 0.6) is 0 Å². The molecule has 0 N–H and O–H groups in total. The Morgan fingerprint density at radius 1 is 0.750 bits per heavy atom. The Labute approximate surface area is 186 Å². The second-order valence-electron chi connectivity index (χ2n) is 8.37. The van der Waals surface area contributed by atoms with Crippen molar-refractivity contribution in [3.05, 3.63) is 93.6 Å². The van der Waals surface area contributed by atoms with Crippen molar-refractivity contribution in [3.8, 4) is 11.1 Å². The molecule has 3 aromatic rings. The molecular formula is C28H26F4. The van der Waals surface area contributed by atoms with Crippen LogP contribution < -0.4 is 0 Å². The van der Waals surface area contributed by atoms with E-state index in [4.69, 9.17) is 0 Å². The van der Waals surface area contributed by atoms with Crippen molar-refractivity contribution in [2.45, 2.75) is 52.4 Å². The fourth-order valence-corrected chi connectivity index (χ4v) is 4.36. The van der Waals surface area contributed by atoms with Gasteiger partial charge in [-0.25, -0.2) is 17.6 Å². The summed E-state index contributed by atoms with van der Waals surface area (Å²) in [6.45, 7) is 3.84. The van der Waals surface area contributed by atoms with Gasteiger partial charge in [0.25, 0.3) is 0 Å². The fraction of sp³-hybridized carbons (Fsp3) is 0.286. The maximum Gasteiger partial charge on any atom is 0.167 e. The highest BCUT2D eigenvalue weighted by molar-refractivity contribution is 5.85. The SMILES string of the molecule is CCCCc1ccc(C2=Cc3cc(F)c(-c4ccc(CC)c(F)c4F)cc3CC2)c(F)c1. The highest BCUT2D eigenvalue weighted by Crippen LogP contribution is 2.36. The van der Waals surface area contributed by atoms with Gasteiger partial charge in [0.1, 0.15) is 11.6 Å². The Bertz CT molecular complexity index is 1190. The van der Waals surface area contributed by atoms with Gasteiger partial charge in [-0.05, 0) is 78.1 Å². The van der Waals surface area contributed by atoms with Crippen LogP contribution in [0.3, 0.4) is 0 Å². The number of fused-ring (bicyclic) bond motifs is 1. The highest BCUT2D eigenvalue weighted by atomic mass is 19.2. The minimum absolute atomic E-state index is 0.0473. The van der Waals surface area contributed by atoms with E-state index in [1.807, 2.05) is 6.07 Å². The van der Waals surface area contributed by atoms with Gasteiger partial charge in [0.2, 0.25) is 0 Å². The van der Waals surface area contributed by atoms with Gasteiger partial charge in [-0.1, -0.05) is 50.6 Å². The number of unbranched alkanes of at least 4 members (excludes halogenated alkanes) is 1. The summed E-state index contributed by atoms with van der Waals surface area (Å²) in [5, 5.41) is 0. The molecular weight excluding hydrogens is 412 g/mol. The standard InChI is InChI=1S/C28H26F4/c1-3-5-6-17-7-11-22(25(29)13-17)20-9-8-19-15-24(26(30)16-21(19)14-20)23-12-10-18(4-2)27(31)28(23)32/h7,10-16H,3-6,8-9H2,1-2H3. The van der Waals surface area contributed by atoms with Gasteiger partial charge >= 0.3 is 0 Å². The van der Waals surface area contributed by atoms with E-state index in [0.717, 1.165) is 36.0 Å². The van der Waals surface area contributed by atoms with E-state index in [0.29, 0.717) is 30.4 Å². The van der Waals surface area contributed by atoms with Gasteiger partial charge in [-0.15, -0.1) is 0 Å². The first-order chi connectivity index (χ1) is 15.4. The average Bonchev–Trinajstić information content (AvgIpc) is 2.79.